The van der Waals surface area contributed by atoms with Crippen LogP contribution in [0.1, 0.15) is 19.8 Å². The molecule has 5 nitrogen and oxygen atoms in total. The van der Waals surface area contributed by atoms with Gasteiger partial charge in [0.2, 0.25) is 5.91 Å². The highest BCUT2D eigenvalue weighted by molar-refractivity contribution is 8.00. The van der Waals surface area contributed by atoms with E-state index in [0.717, 1.165) is 6.42 Å². The highest BCUT2D eigenvalue weighted by Crippen LogP contribution is 2.29. The Morgan fingerprint density at radius 3 is 2.88 bits per heavy atom. The molecular weight excluding hydrogens is 240 g/mol. The van der Waals surface area contributed by atoms with Crippen LogP contribution in [0.3, 0.4) is 0 Å². The number of carboxylic acids is 1. The number of hydrogen-bond acceptors (Lipinski definition) is 4. The van der Waals surface area contributed by atoms with Crippen LogP contribution in [0, 0.1) is 16.7 Å². The zero-order chi connectivity index (χ0) is 12.9. The van der Waals surface area contributed by atoms with Crippen molar-refractivity contribution in [1.82, 2.24) is 4.90 Å². The van der Waals surface area contributed by atoms with Crippen LogP contribution in [0.4, 0.5) is 0 Å². The highest BCUT2D eigenvalue weighted by atomic mass is 32.2. The Bertz CT molecular complexity index is 353. The first-order valence-electron chi connectivity index (χ1n) is 5.45. The molecule has 0 aromatic heterocycles. The van der Waals surface area contributed by atoms with Crippen LogP contribution < -0.4 is 0 Å². The van der Waals surface area contributed by atoms with Gasteiger partial charge in [0.1, 0.15) is 0 Å². The number of hydrogen-bond donors (Lipinski definition) is 1. The summed E-state index contributed by atoms with van der Waals surface area (Å²) in [6, 6.07) is 1.96. The van der Waals surface area contributed by atoms with Crippen molar-refractivity contribution in [2.24, 2.45) is 5.41 Å². The van der Waals surface area contributed by atoms with Crippen molar-refractivity contribution in [1.29, 1.82) is 5.26 Å². The largest absolute Gasteiger partial charge is 0.481 e. The fraction of sp³-hybridized carbons (Fsp3) is 0.727. The number of carboxylic acid groups (broad SMARTS) is 1. The van der Waals surface area contributed by atoms with Crippen LogP contribution in [-0.4, -0.2) is 46.5 Å². The van der Waals surface area contributed by atoms with Gasteiger partial charge < -0.3 is 10.0 Å². The van der Waals surface area contributed by atoms with E-state index >= 15 is 0 Å². The average Bonchev–Trinajstić information content (AvgIpc) is 2.29. The Morgan fingerprint density at radius 1 is 1.59 bits per heavy atom. The number of thioether (sulfide) groups is 1. The molecule has 17 heavy (non-hydrogen) atoms. The Labute approximate surface area is 105 Å². The number of aliphatic carboxylic acids is 1. The predicted molar refractivity (Wildman–Crippen MR) is 64.5 cm³/mol. The molecule has 1 amide bonds. The lowest BCUT2D eigenvalue weighted by Gasteiger charge is -2.37. The molecule has 1 N–H and O–H groups in total. The van der Waals surface area contributed by atoms with Crippen LogP contribution in [0.15, 0.2) is 0 Å². The maximum Gasteiger partial charge on any atom is 0.311 e. The summed E-state index contributed by atoms with van der Waals surface area (Å²) in [5.41, 5.74) is -0.826. The third kappa shape index (κ3) is 3.63. The summed E-state index contributed by atoms with van der Waals surface area (Å²) in [4.78, 5) is 24.5. The third-order valence-electron chi connectivity index (χ3n) is 2.96. The van der Waals surface area contributed by atoms with E-state index in [1.54, 1.807) is 11.8 Å². The normalized spacial score (nSPS) is 24.1. The van der Waals surface area contributed by atoms with Crippen molar-refractivity contribution >= 4 is 23.6 Å². The van der Waals surface area contributed by atoms with E-state index in [4.69, 9.17) is 10.4 Å². The van der Waals surface area contributed by atoms with Gasteiger partial charge in [-0.2, -0.15) is 5.26 Å². The maximum absolute atomic E-state index is 11.8. The van der Waals surface area contributed by atoms with Crippen molar-refractivity contribution in [2.75, 3.05) is 24.6 Å². The summed E-state index contributed by atoms with van der Waals surface area (Å²) in [6.45, 7) is 2.57. The first-order chi connectivity index (χ1) is 7.99. The van der Waals surface area contributed by atoms with E-state index in [1.807, 2.05) is 6.07 Å². The molecule has 1 aliphatic heterocycles. The Morgan fingerprint density at radius 2 is 2.29 bits per heavy atom. The van der Waals surface area contributed by atoms with Gasteiger partial charge in [0.05, 0.1) is 23.0 Å². The molecule has 0 radical (unpaired) electrons. The first-order valence-corrected chi connectivity index (χ1v) is 6.61. The molecule has 6 heteroatoms. The second-order valence-electron chi connectivity index (χ2n) is 4.44. The van der Waals surface area contributed by atoms with Crippen LogP contribution in [0.25, 0.3) is 0 Å². The number of nitrogens with zero attached hydrogens (tertiary/aromatic N) is 2. The van der Waals surface area contributed by atoms with E-state index < -0.39 is 11.4 Å². The van der Waals surface area contributed by atoms with E-state index in [1.165, 1.54) is 11.8 Å². The van der Waals surface area contributed by atoms with Crippen molar-refractivity contribution in [3.8, 4) is 6.07 Å². The van der Waals surface area contributed by atoms with Gasteiger partial charge in [-0.25, -0.2) is 0 Å². The van der Waals surface area contributed by atoms with Crippen molar-refractivity contribution in [3.05, 3.63) is 0 Å². The molecule has 1 aliphatic rings. The molecule has 0 bridgehead atoms. The second kappa shape index (κ2) is 5.92. The van der Waals surface area contributed by atoms with Crippen LogP contribution in [-0.2, 0) is 9.59 Å². The highest BCUT2D eigenvalue weighted by Gasteiger charge is 2.39. The number of carbonyl (C=O) groups excluding carboxylic acids is 1. The van der Waals surface area contributed by atoms with Crippen molar-refractivity contribution in [2.45, 2.75) is 19.8 Å². The maximum atomic E-state index is 11.8. The first kappa shape index (κ1) is 13.8. The number of amides is 1. The van der Waals surface area contributed by atoms with Gasteiger partial charge in [0, 0.05) is 13.1 Å². The van der Waals surface area contributed by atoms with E-state index in [0.29, 0.717) is 13.0 Å². The molecule has 0 aromatic carbocycles. The smallest absolute Gasteiger partial charge is 0.311 e. The number of piperidine rings is 1. The minimum atomic E-state index is -0.848. The fourth-order valence-electron chi connectivity index (χ4n) is 1.90. The predicted octanol–water partition coefficient (Wildman–Crippen LogP) is 0.956. The molecule has 1 atom stereocenters. The fourth-order valence-corrected chi connectivity index (χ4v) is 2.45. The van der Waals surface area contributed by atoms with E-state index in [2.05, 4.69) is 0 Å². The van der Waals surface area contributed by atoms with Crippen molar-refractivity contribution < 1.29 is 14.7 Å². The molecule has 94 valence electrons. The molecule has 1 heterocycles. The standard InChI is InChI=1S/C11H16N2O3S/c1-11(10(15)16)3-2-5-13(8-11)9(14)7-17-6-4-12/h2-3,5-8H2,1H3,(H,15,16). The van der Waals surface area contributed by atoms with Gasteiger partial charge in [-0.3, -0.25) is 9.59 Å². The monoisotopic (exact) mass is 256 g/mol. The molecule has 0 aliphatic carbocycles. The average molecular weight is 256 g/mol. The minimum absolute atomic E-state index is 0.0718. The molecule has 1 saturated heterocycles. The topological polar surface area (TPSA) is 81.4 Å². The van der Waals surface area contributed by atoms with Gasteiger partial charge in [-0.1, -0.05) is 0 Å². The van der Waals surface area contributed by atoms with Crippen molar-refractivity contribution in [3.63, 3.8) is 0 Å². The zero-order valence-electron chi connectivity index (χ0n) is 9.81. The van der Waals surface area contributed by atoms with Crippen LogP contribution >= 0.6 is 11.8 Å². The lowest BCUT2D eigenvalue weighted by Crippen LogP contribution is -2.48. The lowest BCUT2D eigenvalue weighted by atomic mass is 9.82. The van der Waals surface area contributed by atoms with Crippen LogP contribution in [0.5, 0.6) is 0 Å². The number of nitriles is 1. The molecule has 1 fully saturated rings. The number of rotatable bonds is 4. The summed E-state index contributed by atoms with van der Waals surface area (Å²) < 4.78 is 0. The second-order valence-corrected chi connectivity index (χ2v) is 5.42. The van der Waals surface area contributed by atoms with E-state index in [9.17, 15) is 9.59 Å². The summed E-state index contributed by atoms with van der Waals surface area (Å²) in [5, 5.41) is 17.5. The van der Waals surface area contributed by atoms with Gasteiger partial charge >= 0.3 is 5.97 Å². The lowest BCUT2D eigenvalue weighted by molar-refractivity contribution is -0.153. The number of likely N-dealkylation sites (tertiary alicyclic amines) is 1. The van der Waals surface area contributed by atoms with Gasteiger partial charge in [0.25, 0.3) is 0 Å². The van der Waals surface area contributed by atoms with Crippen LogP contribution in [0.2, 0.25) is 0 Å². The molecule has 0 spiro atoms. The Hall–Kier alpha value is -1.22. The Kier molecular flexibility index (Phi) is 4.82. The summed E-state index contributed by atoms with van der Waals surface area (Å²) in [6.07, 6.45) is 1.33. The molecule has 1 unspecified atom stereocenters. The molecule has 0 aromatic rings. The quantitative estimate of drug-likeness (QED) is 0.757. The van der Waals surface area contributed by atoms with Gasteiger partial charge in [0.15, 0.2) is 0 Å². The molecule has 1 rings (SSSR count). The Balaban J connectivity index is 2.52. The number of carbonyl (C=O) groups is 2. The summed E-state index contributed by atoms with van der Waals surface area (Å²) in [5.74, 6) is -0.379. The molecule has 0 saturated carbocycles. The molecular formula is C11H16N2O3S. The minimum Gasteiger partial charge on any atom is -0.481 e. The van der Waals surface area contributed by atoms with E-state index in [-0.39, 0.29) is 24.0 Å². The summed E-state index contributed by atoms with van der Waals surface area (Å²) >= 11 is 1.26. The zero-order valence-corrected chi connectivity index (χ0v) is 10.6. The van der Waals surface area contributed by atoms with Gasteiger partial charge in [-0.05, 0) is 19.8 Å². The SMILES string of the molecule is CC1(C(=O)O)CCCN(C(=O)CSCC#N)C1. The van der Waals surface area contributed by atoms with Gasteiger partial charge in [-0.15, -0.1) is 11.8 Å². The third-order valence-corrected chi connectivity index (χ3v) is 3.74. The summed E-state index contributed by atoms with van der Waals surface area (Å²) in [7, 11) is 0.